The van der Waals surface area contributed by atoms with E-state index in [1.807, 2.05) is 48.1 Å². The summed E-state index contributed by atoms with van der Waals surface area (Å²) >= 11 is 0. The van der Waals surface area contributed by atoms with Gasteiger partial charge in [-0.3, -0.25) is 4.98 Å². The van der Waals surface area contributed by atoms with Gasteiger partial charge >= 0.3 is 0 Å². The van der Waals surface area contributed by atoms with E-state index in [1.54, 1.807) is 18.6 Å². The van der Waals surface area contributed by atoms with Crippen molar-refractivity contribution in [2.45, 2.75) is 6.92 Å². The summed E-state index contributed by atoms with van der Waals surface area (Å²) in [5.41, 5.74) is 4.80. The predicted molar refractivity (Wildman–Crippen MR) is 120 cm³/mol. The van der Waals surface area contributed by atoms with Crippen LogP contribution in [-0.2, 0) is 4.74 Å². The first-order valence-electron chi connectivity index (χ1n) is 10.3. The van der Waals surface area contributed by atoms with Crippen LogP contribution in [0.1, 0.15) is 5.56 Å². The third-order valence-electron chi connectivity index (χ3n) is 5.26. The maximum absolute atomic E-state index is 5.51. The van der Waals surface area contributed by atoms with E-state index in [9.17, 15) is 0 Å². The summed E-state index contributed by atoms with van der Waals surface area (Å²) in [6.45, 7) is 4.93. The Morgan fingerprint density at radius 1 is 0.968 bits per heavy atom. The molecule has 0 amide bonds. The van der Waals surface area contributed by atoms with Crippen LogP contribution in [0.15, 0.2) is 67.3 Å². The van der Waals surface area contributed by atoms with E-state index in [2.05, 4.69) is 32.4 Å². The summed E-state index contributed by atoms with van der Waals surface area (Å²) in [4.78, 5) is 16.1. The summed E-state index contributed by atoms with van der Waals surface area (Å²) in [5, 5.41) is 7.79. The molecule has 0 aliphatic carbocycles. The van der Waals surface area contributed by atoms with E-state index in [1.165, 1.54) is 0 Å². The zero-order chi connectivity index (χ0) is 21.0. The predicted octanol–water partition coefficient (Wildman–Crippen LogP) is 3.61. The van der Waals surface area contributed by atoms with Crippen molar-refractivity contribution in [3.63, 3.8) is 0 Å². The number of aromatic nitrogens is 5. The van der Waals surface area contributed by atoms with Crippen molar-refractivity contribution in [3.05, 3.63) is 72.8 Å². The van der Waals surface area contributed by atoms with E-state index < -0.39 is 0 Å². The van der Waals surface area contributed by atoms with Crippen LogP contribution in [0.4, 0.5) is 17.5 Å². The number of benzene rings is 1. The van der Waals surface area contributed by atoms with Crippen LogP contribution in [0.5, 0.6) is 0 Å². The molecule has 0 radical (unpaired) electrons. The molecule has 156 valence electrons. The van der Waals surface area contributed by atoms with Crippen molar-refractivity contribution in [2.24, 2.45) is 0 Å². The molecule has 4 heterocycles. The number of nitrogens with one attached hydrogen (secondary N) is 1. The maximum Gasteiger partial charge on any atom is 0.228 e. The minimum absolute atomic E-state index is 0.675. The first-order chi connectivity index (χ1) is 15.3. The molecule has 8 heteroatoms. The van der Waals surface area contributed by atoms with Crippen molar-refractivity contribution in [1.82, 2.24) is 24.7 Å². The van der Waals surface area contributed by atoms with E-state index >= 15 is 0 Å². The molecule has 5 rings (SSSR count). The zero-order valence-electron chi connectivity index (χ0n) is 17.3. The highest BCUT2D eigenvalue weighted by Crippen LogP contribution is 2.31. The smallest absolute Gasteiger partial charge is 0.228 e. The molecule has 0 unspecified atom stereocenters. The molecule has 3 aromatic heterocycles. The SMILES string of the molecule is Cc1c(Nc2ccncc2)nc(N2CCOCC2)nc1-c1cccc(-n2cccn2)c1. The molecule has 1 fully saturated rings. The molecule has 0 saturated carbocycles. The number of anilines is 3. The first kappa shape index (κ1) is 19.2. The van der Waals surface area contributed by atoms with Gasteiger partial charge in [-0.1, -0.05) is 12.1 Å². The highest BCUT2D eigenvalue weighted by atomic mass is 16.5. The second kappa shape index (κ2) is 8.53. The lowest BCUT2D eigenvalue weighted by atomic mass is 10.1. The Morgan fingerprint density at radius 2 is 1.81 bits per heavy atom. The monoisotopic (exact) mass is 413 g/mol. The van der Waals surface area contributed by atoms with E-state index in [-0.39, 0.29) is 0 Å². The fourth-order valence-electron chi connectivity index (χ4n) is 3.60. The molecule has 1 aromatic carbocycles. The van der Waals surface area contributed by atoms with Crippen LogP contribution < -0.4 is 10.2 Å². The number of hydrogen-bond acceptors (Lipinski definition) is 7. The van der Waals surface area contributed by atoms with E-state index in [4.69, 9.17) is 14.7 Å². The Hall–Kier alpha value is -3.78. The Bertz CT molecular complexity index is 1160. The average Bonchev–Trinajstić information content (AvgIpc) is 3.37. The lowest BCUT2D eigenvalue weighted by Crippen LogP contribution is -2.37. The molecule has 1 aliphatic rings. The second-order valence-corrected chi connectivity index (χ2v) is 7.31. The van der Waals surface area contributed by atoms with Gasteiger partial charge in [0.15, 0.2) is 0 Å². The summed E-state index contributed by atoms with van der Waals surface area (Å²) < 4.78 is 7.36. The first-order valence-corrected chi connectivity index (χ1v) is 10.3. The highest BCUT2D eigenvalue weighted by molar-refractivity contribution is 5.73. The average molecular weight is 413 g/mol. The number of ether oxygens (including phenoxy) is 1. The standard InChI is InChI=1S/C23H23N7O/c1-17-21(18-4-2-5-20(16-18)30-11-3-8-25-30)27-23(29-12-14-31-15-13-29)28-22(17)26-19-6-9-24-10-7-19/h2-11,16H,12-15H2,1H3,(H,24,26,27,28). The molecule has 8 nitrogen and oxygen atoms in total. The van der Waals surface area contributed by atoms with Gasteiger partial charge in [0.2, 0.25) is 5.95 Å². The van der Waals surface area contributed by atoms with Crippen LogP contribution in [0.2, 0.25) is 0 Å². The minimum atomic E-state index is 0.675. The second-order valence-electron chi connectivity index (χ2n) is 7.31. The molecular formula is C23H23N7O. The van der Waals surface area contributed by atoms with Gasteiger partial charge in [0.25, 0.3) is 0 Å². The quantitative estimate of drug-likeness (QED) is 0.535. The number of pyridine rings is 1. The van der Waals surface area contributed by atoms with Gasteiger partial charge in [-0.15, -0.1) is 0 Å². The highest BCUT2D eigenvalue weighted by Gasteiger charge is 2.19. The molecule has 0 atom stereocenters. The summed E-state index contributed by atoms with van der Waals surface area (Å²) in [6, 6.07) is 14.0. The van der Waals surface area contributed by atoms with Crippen LogP contribution in [0.25, 0.3) is 16.9 Å². The largest absolute Gasteiger partial charge is 0.378 e. The third-order valence-corrected chi connectivity index (χ3v) is 5.26. The van der Waals surface area contributed by atoms with Crippen molar-refractivity contribution in [1.29, 1.82) is 0 Å². The van der Waals surface area contributed by atoms with Crippen molar-refractivity contribution >= 4 is 17.5 Å². The third kappa shape index (κ3) is 4.10. The molecule has 0 spiro atoms. The van der Waals surface area contributed by atoms with Gasteiger partial charge in [-0.05, 0) is 37.3 Å². The van der Waals surface area contributed by atoms with Crippen LogP contribution >= 0.6 is 0 Å². The summed E-state index contributed by atoms with van der Waals surface area (Å²) in [5.74, 6) is 1.48. The lowest BCUT2D eigenvalue weighted by Gasteiger charge is -2.28. The van der Waals surface area contributed by atoms with Gasteiger partial charge in [-0.2, -0.15) is 10.1 Å². The van der Waals surface area contributed by atoms with E-state index in [0.29, 0.717) is 19.2 Å². The molecule has 4 aromatic rings. The number of rotatable bonds is 5. The fraction of sp³-hybridized carbons (Fsp3) is 0.217. The number of nitrogens with zero attached hydrogens (tertiary/aromatic N) is 6. The van der Waals surface area contributed by atoms with Gasteiger partial charge in [0, 0.05) is 54.7 Å². The molecule has 31 heavy (non-hydrogen) atoms. The summed E-state index contributed by atoms with van der Waals surface area (Å²) in [6.07, 6.45) is 7.23. The summed E-state index contributed by atoms with van der Waals surface area (Å²) in [7, 11) is 0. The van der Waals surface area contributed by atoms with Gasteiger partial charge in [0.05, 0.1) is 24.6 Å². The lowest BCUT2D eigenvalue weighted by molar-refractivity contribution is 0.122. The number of morpholine rings is 1. The molecule has 0 bridgehead atoms. The maximum atomic E-state index is 5.51. The van der Waals surface area contributed by atoms with Crippen molar-refractivity contribution in [3.8, 4) is 16.9 Å². The van der Waals surface area contributed by atoms with Gasteiger partial charge in [0.1, 0.15) is 5.82 Å². The Kier molecular flexibility index (Phi) is 5.28. The molecule has 1 saturated heterocycles. The Morgan fingerprint density at radius 3 is 2.58 bits per heavy atom. The van der Waals surface area contributed by atoms with Crippen LogP contribution in [0, 0.1) is 6.92 Å². The van der Waals surface area contributed by atoms with Gasteiger partial charge in [-0.25, -0.2) is 9.67 Å². The zero-order valence-corrected chi connectivity index (χ0v) is 17.3. The Balaban J connectivity index is 1.60. The van der Waals surface area contributed by atoms with Crippen LogP contribution in [0.3, 0.4) is 0 Å². The minimum Gasteiger partial charge on any atom is -0.378 e. The molecule has 1 N–H and O–H groups in total. The fourth-order valence-corrected chi connectivity index (χ4v) is 3.60. The normalized spacial score (nSPS) is 13.9. The molecule has 1 aliphatic heterocycles. The van der Waals surface area contributed by atoms with Crippen molar-refractivity contribution in [2.75, 3.05) is 36.5 Å². The number of hydrogen-bond donors (Lipinski definition) is 1. The van der Waals surface area contributed by atoms with Crippen molar-refractivity contribution < 1.29 is 4.74 Å². The van der Waals surface area contributed by atoms with Gasteiger partial charge < -0.3 is 15.0 Å². The topological polar surface area (TPSA) is 81.0 Å². The van der Waals surface area contributed by atoms with E-state index in [0.717, 1.165) is 47.1 Å². The molecular weight excluding hydrogens is 390 g/mol. The van der Waals surface area contributed by atoms with Crippen LogP contribution in [-0.4, -0.2) is 51.0 Å². The Labute approximate surface area is 180 Å².